The number of alkyl halides is 1. The third-order valence-corrected chi connectivity index (χ3v) is 6.52. The summed E-state index contributed by atoms with van der Waals surface area (Å²) in [6.45, 7) is 6.20. The van der Waals surface area contributed by atoms with Crippen LogP contribution >= 0.6 is 11.6 Å². The number of esters is 3. The number of hydrogen-bond acceptors (Lipinski definition) is 10. The van der Waals surface area contributed by atoms with Crippen LogP contribution in [-0.4, -0.2) is 61.5 Å². The van der Waals surface area contributed by atoms with Crippen molar-refractivity contribution >= 4 is 41.7 Å². The largest absolute Gasteiger partial charge is 0.464 e. The third kappa shape index (κ3) is 14.3. The van der Waals surface area contributed by atoms with Gasteiger partial charge in [0.05, 0.1) is 19.6 Å². The average molecular weight is 649 g/mol. The first kappa shape index (κ1) is 36.9. The molecule has 0 radical (unpaired) electrons. The Bertz CT molecular complexity index is 1140. The van der Waals surface area contributed by atoms with E-state index in [1.165, 1.54) is 0 Å². The summed E-state index contributed by atoms with van der Waals surface area (Å²) in [5.41, 5.74) is 1.55. The van der Waals surface area contributed by atoms with Crippen LogP contribution in [0.5, 0.6) is 0 Å². The van der Waals surface area contributed by atoms with Crippen LogP contribution in [0.3, 0.4) is 0 Å². The second-order valence-electron chi connectivity index (χ2n) is 10.8. The van der Waals surface area contributed by atoms with Crippen molar-refractivity contribution in [3.63, 3.8) is 0 Å². The lowest BCUT2D eigenvalue weighted by atomic mass is 10.0. The van der Waals surface area contributed by atoms with E-state index < -0.39 is 48.1 Å². The van der Waals surface area contributed by atoms with Crippen molar-refractivity contribution in [2.24, 2.45) is 17.8 Å². The van der Waals surface area contributed by atoms with Gasteiger partial charge in [0.25, 0.3) is 0 Å². The van der Waals surface area contributed by atoms with Gasteiger partial charge in [-0.1, -0.05) is 100.0 Å². The van der Waals surface area contributed by atoms with Crippen LogP contribution in [0.2, 0.25) is 0 Å². The number of hydrogen-bond donors (Lipinski definition) is 2. The maximum Gasteiger partial charge on any atom is 0.408 e. The number of ether oxygens (including phenoxy) is 5. The van der Waals surface area contributed by atoms with E-state index in [0.717, 1.165) is 11.1 Å². The van der Waals surface area contributed by atoms with Crippen LogP contribution in [0.15, 0.2) is 60.7 Å². The smallest absolute Gasteiger partial charge is 0.408 e. The molecule has 0 spiro atoms. The number of benzene rings is 2. The van der Waals surface area contributed by atoms with Crippen molar-refractivity contribution in [1.29, 1.82) is 0 Å². The van der Waals surface area contributed by atoms with Gasteiger partial charge in [-0.3, -0.25) is 4.79 Å². The molecule has 2 rings (SSSR count). The lowest BCUT2D eigenvalue weighted by Crippen LogP contribution is -2.46. The Morgan fingerprint density at radius 3 is 1.38 bits per heavy atom. The molecular formula is C32H41ClN2O10. The maximum atomic E-state index is 12.9. The summed E-state index contributed by atoms with van der Waals surface area (Å²) in [6, 6.07) is 15.6. The standard InChI is InChI=1S/C32H41ClN2O10/c1-21(2)27(34-31(39)43-16-23-11-7-5-8-12-23)29(37)41-18-25(15-26(36)45-20-33)19-42-30(38)28(22(3)4)35-32(40)44-17-24-13-9-6-10-14-24/h5-14,21-22,25,27-28H,15-20H2,1-4H3,(H,34,39)(H,35,40)/t27-,28-/m0/s1. The minimum absolute atomic E-state index is 0.0135. The molecule has 246 valence electrons. The van der Waals surface area contributed by atoms with E-state index >= 15 is 0 Å². The summed E-state index contributed by atoms with van der Waals surface area (Å²) < 4.78 is 26.0. The minimum atomic E-state index is -1.05. The molecule has 2 atom stereocenters. The Hall–Kier alpha value is -4.32. The molecule has 0 unspecified atom stereocenters. The molecule has 0 bridgehead atoms. The van der Waals surface area contributed by atoms with Gasteiger partial charge in [-0.25, -0.2) is 19.2 Å². The number of nitrogens with one attached hydrogen (secondary N) is 2. The zero-order chi connectivity index (χ0) is 33.2. The van der Waals surface area contributed by atoms with E-state index in [0.29, 0.717) is 0 Å². The van der Waals surface area contributed by atoms with Crippen molar-refractivity contribution in [3.05, 3.63) is 71.8 Å². The quantitative estimate of drug-likeness (QED) is 0.140. The predicted octanol–water partition coefficient (Wildman–Crippen LogP) is 4.72. The van der Waals surface area contributed by atoms with Crippen molar-refractivity contribution in [2.75, 3.05) is 19.3 Å². The van der Waals surface area contributed by atoms with Gasteiger partial charge < -0.3 is 34.3 Å². The molecule has 45 heavy (non-hydrogen) atoms. The molecule has 0 saturated carbocycles. The first-order valence-electron chi connectivity index (χ1n) is 14.5. The molecule has 0 saturated heterocycles. The van der Waals surface area contributed by atoms with E-state index in [9.17, 15) is 24.0 Å². The van der Waals surface area contributed by atoms with Crippen LogP contribution in [0.1, 0.15) is 45.2 Å². The highest BCUT2D eigenvalue weighted by Crippen LogP contribution is 2.13. The summed E-state index contributed by atoms with van der Waals surface area (Å²) in [7, 11) is 0. The summed E-state index contributed by atoms with van der Waals surface area (Å²) >= 11 is 5.50. The first-order chi connectivity index (χ1) is 21.5. The molecule has 12 nitrogen and oxygen atoms in total. The third-order valence-electron chi connectivity index (χ3n) is 6.41. The van der Waals surface area contributed by atoms with E-state index in [-0.39, 0.29) is 50.8 Å². The summed E-state index contributed by atoms with van der Waals surface area (Å²) in [5, 5.41) is 5.01. The van der Waals surface area contributed by atoms with Gasteiger partial charge in [-0.05, 0) is 23.0 Å². The van der Waals surface area contributed by atoms with Crippen LogP contribution < -0.4 is 10.6 Å². The molecule has 0 aromatic heterocycles. The zero-order valence-corrected chi connectivity index (χ0v) is 26.6. The van der Waals surface area contributed by atoms with Gasteiger partial charge in [0, 0.05) is 5.92 Å². The highest BCUT2D eigenvalue weighted by Gasteiger charge is 2.30. The molecule has 0 aliphatic rings. The Morgan fingerprint density at radius 1 is 0.622 bits per heavy atom. The van der Waals surface area contributed by atoms with Crippen LogP contribution in [-0.2, 0) is 51.3 Å². The lowest BCUT2D eigenvalue weighted by Gasteiger charge is -2.24. The Labute approximate surface area is 268 Å². The molecular weight excluding hydrogens is 608 g/mol. The van der Waals surface area contributed by atoms with E-state index in [2.05, 4.69) is 10.6 Å². The second-order valence-corrected chi connectivity index (χ2v) is 11.0. The van der Waals surface area contributed by atoms with Crippen molar-refractivity contribution in [3.8, 4) is 0 Å². The summed E-state index contributed by atoms with van der Waals surface area (Å²) in [4.78, 5) is 62.8. The van der Waals surface area contributed by atoms with Crippen molar-refractivity contribution < 1.29 is 47.7 Å². The fourth-order valence-corrected chi connectivity index (χ4v) is 4.00. The average Bonchev–Trinajstić information content (AvgIpc) is 3.02. The van der Waals surface area contributed by atoms with E-state index in [4.69, 9.17) is 35.3 Å². The Kier molecular flexibility index (Phi) is 16.3. The highest BCUT2D eigenvalue weighted by molar-refractivity contribution is 6.17. The predicted molar refractivity (Wildman–Crippen MR) is 164 cm³/mol. The van der Waals surface area contributed by atoms with Crippen LogP contribution in [0.4, 0.5) is 9.59 Å². The zero-order valence-electron chi connectivity index (χ0n) is 25.9. The second kappa shape index (κ2) is 19.9. The molecule has 13 heteroatoms. The molecule has 0 heterocycles. The minimum Gasteiger partial charge on any atom is -0.464 e. The molecule has 2 amide bonds. The van der Waals surface area contributed by atoms with Gasteiger partial charge in [0.2, 0.25) is 0 Å². The fourth-order valence-electron chi connectivity index (χ4n) is 3.88. The molecule has 0 aliphatic carbocycles. The van der Waals surface area contributed by atoms with Gasteiger partial charge in [-0.2, -0.15) is 0 Å². The molecule has 0 aliphatic heterocycles. The SMILES string of the molecule is CC(C)[C@H](NC(=O)OCc1ccccc1)C(=O)OCC(COC(=O)[C@@H](NC(=O)OCc1ccccc1)C(C)C)CC(=O)OCCl. The maximum absolute atomic E-state index is 12.9. The van der Waals surface area contributed by atoms with Gasteiger partial charge in [0.1, 0.15) is 25.3 Å². The van der Waals surface area contributed by atoms with Crippen LogP contribution in [0, 0.1) is 17.8 Å². The molecule has 0 fully saturated rings. The van der Waals surface area contributed by atoms with E-state index in [1.54, 1.807) is 52.0 Å². The van der Waals surface area contributed by atoms with Crippen molar-refractivity contribution in [1.82, 2.24) is 10.6 Å². The number of rotatable bonds is 17. The summed E-state index contributed by atoms with van der Waals surface area (Å²) in [6.07, 6.45) is -1.90. The van der Waals surface area contributed by atoms with Gasteiger partial charge in [-0.15, -0.1) is 0 Å². The van der Waals surface area contributed by atoms with E-state index in [1.807, 2.05) is 36.4 Å². The Balaban J connectivity index is 1.95. The fraction of sp³-hybridized carbons (Fsp3) is 0.469. The van der Waals surface area contributed by atoms with Crippen molar-refractivity contribution in [2.45, 2.75) is 59.4 Å². The number of halogens is 1. The normalized spacial score (nSPS) is 12.2. The first-order valence-corrected chi connectivity index (χ1v) is 15.0. The summed E-state index contributed by atoms with van der Waals surface area (Å²) in [5.74, 6) is -3.78. The van der Waals surface area contributed by atoms with Gasteiger partial charge in [0.15, 0.2) is 6.07 Å². The number of amides is 2. The topological polar surface area (TPSA) is 156 Å². The lowest BCUT2D eigenvalue weighted by molar-refractivity contribution is -0.156. The number of carbonyl (C=O) groups excluding carboxylic acids is 5. The highest BCUT2D eigenvalue weighted by atomic mass is 35.5. The molecule has 2 N–H and O–H groups in total. The molecule has 2 aromatic carbocycles. The van der Waals surface area contributed by atoms with Gasteiger partial charge >= 0.3 is 30.1 Å². The molecule has 2 aromatic rings. The monoisotopic (exact) mass is 648 g/mol. The number of alkyl carbamates (subject to hydrolysis) is 2. The van der Waals surface area contributed by atoms with Crippen LogP contribution in [0.25, 0.3) is 0 Å². The number of carbonyl (C=O) groups is 5. The Morgan fingerprint density at radius 2 is 1.02 bits per heavy atom.